The second kappa shape index (κ2) is 60.7. The number of nitrogens with zero attached hydrogens (tertiary/aromatic N) is 1. The smallest absolute Gasteiger partial charge is 0.481 e. The maximum atomic E-state index is 12.0. The molecule has 8 heterocycles. The SMILES string of the molecule is Brc1ccc(Br)cc1.C.C.CC(=O)O.CCCCC(C)=O.ClCCl.Ic1cc2cc3ccccc3cc2s1.O=C(O)c1ccccc1C(=O)c1cccs1.O=C1OC(=O)c2ccccc21.O=C1c2ccccc2C(=O)c2sccc21.O=[N+]([O-])c1ccccc1.[2H][2H].[Cl][Al]([Cl])[Cl].c1ccc2c(c1)Cc1ccsc1C2.c1ccc2cc3sccc3cc2c1.c1ccc2cc3sccc3cc2c1.c1ccsc1. The molecule has 0 spiro atoms. The highest BCUT2D eigenvalue weighted by atomic mass is 127. The van der Waals surface area contributed by atoms with Crippen molar-refractivity contribution in [1.82, 2.24) is 0 Å². The van der Waals surface area contributed by atoms with Crippen LogP contribution in [0.4, 0.5) is 5.69 Å². The summed E-state index contributed by atoms with van der Waals surface area (Å²) in [6, 6.07) is 102. The molecule has 0 unspecified atom stereocenters. The highest BCUT2D eigenvalue weighted by molar-refractivity contribution is 14.1. The Morgan fingerprint density at radius 1 is 0.453 bits per heavy atom. The molecule has 19 aromatic rings. The Kier molecular flexibility index (Phi) is 49.7. The van der Waals surface area contributed by atoms with Gasteiger partial charge in [-0.05, 0) is 260 Å². The summed E-state index contributed by atoms with van der Waals surface area (Å²) < 4.78 is 22.1. The molecule has 704 valence electrons. The van der Waals surface area contributed by atoms with Crippen molar-refractivity contribution < 1.29 is 61.2 Å². The van der Waals surface area contributed by atoms with E-state index in [4.69, 9.17) is 71.3 Å². The van der Waals surface area contributed by atoms with E-state index in [1.54, 1.807) is 154 Å². The number of hydrogen-bond donors (Lipinski definition) is 2. The maximum Gasteiger partial charge on any atom is 0.643 e. The molecule has 0 amide bonds. The molecule has 22 rings (SSSR count). The summed E-state index contributed by atoms with van der Waals surface area (Å²) in [5.41, 5.74) is 7.27. The van der Waals surface area contributed by atoms with Gasteiger partial charge in [-0.25, -0.2) is 44.5 Å². The summed E-state index contributed by atoms with van der Waals surface area (Å²) in [6.07, 6.45) is 5.21. The Morgan fingerprint density at radius 3 is 1.31 bits per heavy atom. The molecule has 0 saturated heterocycles. The van der Waals surface area contributed by atoms with E-state index in [-0.39, 0.29) is 54.4 Å². The minimum atomic E-state index is -1.72. The third-order valence-electron chi connectivity index (χ3n) is 19.0. The van der Waals surface area contributed by atoms with E-state index in [1.807, 2.05) is 69.8 Å². The Morgan fingerprint density at radius 2 is 0.869 bits per heavy atom. The van der Waals surface area contributed by atoms with Gasteiger partial charge in [-0.1, -0.05) is 248 Å². The topological polar surface area (TPSA) is 229 Å². The predicted octanol–water partition coefficient (Wildman–Crippen LogP) is 35.2. The normalized spacial score (nSPS) is 10.8. The van der Waals surface area contributed by atoms with Gasteiger partial charge in [0.2, 0.25) is 11.6 Å². The van der Waals surface area contributed by atoms with Gasteiger partial charge < -0.3 is 19.7 Å². The quantitative estimate of drug-likeness (QED) is 0.0221. The molecule has 0 bridgehead atoms. The summed E-state index contributed by atoms with van der Waals surface area (Å²) in [5, 5.41) is 52.8. The zero-order valence-corrected chi connectivity index (χ0v) is 88.1. The molecule has 30 heteroatoms. The minimum Gasteiger partial charge on any atom is -0.481 e. The van der Waals surface area contributed by atoms with Gasteiger partial charge in [-0.15, -0.1) is 91.2 Å². The number of hydrogen-bond acceptors (Lipinski definition) is 18. The predicted molar refractivity (Wildman–Crippen MR) is 600 cm³/mol. The fraction of sp³-hybridized carbons (Fsp3) is 0.103. The average molecular weight is 2320 g/mol. The monoisotopic (exact) mass is 2310 g/mol. The Hall–Kier alpha value is -10.1. The molecule has 2 aliphatic carbocycles. The standard InChI is InChI=1S/C12H7IS.C12H8O3S.C12H6O2S.C12H10S.2C12H8S.C8H4O3.C6H4Br2.C6H5NO2.C6H12O.C4H4S.C2H4O2.CH2Cl2.2CH4.Al.3ClH.H2/c13-12-7-10-5-8-3-1-2-4-9(8)6-11(10)14-12;13-11(10-6-3-7-16-10)8-4-1-2-5-9(8)12(14)15;13-10-7-3-1-2-4-8(7)11(14)12-9(10)5-6-15-12;3*1-2-4-10-8-12-11(5-6-13-12)7-9(10)3-1;9-7-5-3-1-2-4-6(5)8(10)11-7;7-5-1-2-6(8)4-3-5;8-7(9)6-4-2-1-3-5-6;1-3-4-5-6(2)7;1-2-4-5-3-1;1-2(3)4;2-1-3;;;;;;;/h1-7H;1-7H,(H,14,15);1-6H;1-6H,7-8H2;2*1-8H;1-4H;1-4H;1-5H;3-5H2,1-2H3;1-4H;1H3,(H,3,4);1H2;2*1H4;;4*1H/q;;;;;;;;;;;;;;;+3;;;;/p-3/i;;;;;;;;;;;;;;;;;;;1+1D. The van der Waals surface area contributed by atoms with Crippen molar-refractivity contribution in [3.8, 4) is 0 Å². The largest absolute Gasteiger partial charge is 0.643 e. The second-order valence-electron chi connectivity index (χ2n) is 28.3. The van der Waals surface area contributed by atoms with Crippen molar-refractivity contribution in [3.05, 3.63) is 445 Å². The third-order valence-corrected chi connectivity index (χ3v) is 27.0. The van der Waals surface area contributed by atoms with Crippen LogP contribution in [-0.2, 0) is 27.2 Å². The van der Waals surface area contributed by atoms with Gasteiger partial charge in [-0.2, -0.15) is 11.3 Å². The lowest BCUT2D eigenvalue weighted by Crippen LogP contribution is -2.18. The first-order valence-corrected chi connectivity index (χ1v) is 56.0. The van der Waals surface area contributed by atoms with Crippen LogP contribution in [0.15, 0.2) is 362 Å². The number of carbonyl (C=O) groups is 8. The number of carboxylic acids is 2. The van der Waals surface area contributed by atoms with Gasteiger partial charge in [0.05, 0.1) is 39.6 Å². The highest BCUT2D eigenvalue weighted by Gasteiger charge is 2.31. The molecule has 0 radical (unpaired) electrons. The van der Waals surface area contributed by atoms with Gasteiger partial charge in [-0.3, -0.25) is 29.3 Å². The molecule has 14 nitrogen and oxygen atoms in total. The van der Waals surface area contributed by atoms with E-state index in [0.29, 0.717) is 43.4 Å². The number of unbranched alkanes of at least 4 members (excludes halogenated alkanes) is 1. The number of non-ortho nitro benzene ring substituents is 1. The van der Waals surface area contributed by atoms with Crippen molar-refractivity contribution in [1.29, 1.82) is 0 Å². The van der Waals surface area contributed by atoms with Crippen molar-refractivity contribution in [3.63, 3.8) is 0 Å². The Bertz CT molecular complexity index is 6710. The van der Waals surface area contributed by atoms with Crippen LogP contribution in [0.25, 0.3) is 62.6 Å². The molecule has 12 aromatic carbocycles. The van der Waals surface area contributed by atoms with Crippen LogP contribution in [-0.4, -0.2) is 78.9 Å². The van der Waals surface area contributed by atoms with Gasteiger partial charge in [0.15, 0.2) is 5.78 Å². The first kappa shape index (κ1) is 112. The number of cyclic esters (lactones) is 2. The van der Waals surface area contributed by atoms with E-state index < -0.39 is 40.2 Å². The molecule has 1 aliphatic heterocycles. The van der Waals surface area contributed by atoms with Crippen molar-refractivity contribution in [2.45, 2.75) is 67.7 Å². The molecule has 2 N–H and O–H groups in total. The number of esters is 2. The molecule has 0 saturated carbocycles. The summed E-state index contributed by atoms with van der Waals surface area (Å²) in [6.45, 7) is 4.80. The Labute approximate surface area is 883 Å². The number of benzene rings is 12. The van der Waals surface area contributed by atoms with Crippen LogP contribution >= 0.6 is 187 Å². The van der Waals surface area contributed by atoms with Crippen molar-refractivity contribution in [2.75, 3.05) is 5.34 Å². The molecular formula is C107H92AlBr2Cl5INO13S7. The first-order valence-electron chi connectivity index (χ1n) is 41.9. The van der Waals surface area contributed by atoms with Gasteiger partial charge in [0.25, 0.3) is 11.7 Å². The molecule has 0 fully saturated rings. The lowest BCUT2D eigenvalue weighted by molar-refractivity contribution is -0.384. The number of ether oxygens (including phenoxy) is 1. The number of carbonyl (C=O) groups excluding carboxylic acids is 6. The molecule has 7 aromatic heterocycles. The van der Waals surface area contributed by atoms with Crippen molar-refractivity contribution in [2.24, 2.45) is 0 Å². The van der Waals surface area contributed by atoms with Gasteiger partial charge in [0, 0.05) is 85.0 Å². The second-order valence-corrected chi connectivity index (χ2v) is 46.0. The number of halogens is 8. The number of fused-ring (bicyclic) bond motifs is 11. The highest BCUT2D eigenvalue weighted by Crippen LogP contribution is 2.35. The number of ketones is 4. The summed E-state index contributed by atoms with van der Waals surface area (Å²) in [4.78, 5) is 100.0. The number of aromatic carboxylic acids is 1. The van der Waals surface area contributed by atoms with E-state index in [2.05, 4.69) is 240 Å². The number of nitro groups is 1. The van der Waals surface area contributed by atoms with Gasteiger partial charge in [0.1, 0.15) is 5.78 Å². The number of Topliss-reactive ketones (excluding diaryl/α,β-unsaturated/α-hetero) is 1. The van der Waals surface area contributed by atoms with Crippen molar-refractivity contribution >= 4 is 314 Å². The van der Waals surface area contributed by atoms with E-state index >= 15 is 0 Å². The summed E-state index contributed by atoms with van der Waals surface area (Å²) >= 11 is 28.5. The van der Waals surface area contributed by atoms with Crippen LogP contribution in [0.5, 0.6) is 0 Å². The Balaban J connectivity index is 0.000000233. The first-order chi connectivity index (χ1) is 66.1. The van der Waals surface area contributed by atoms with E-state index in [9.17, 15) is 43.7 Å². The molecule has 137 heavy (non-hydrogen) atoms. The van der Waals surface area contributed by atoms with E-state index in [1.165, 1.54) is 129 Å². The maximum absolute atomic E-state index is 12.0. The number of aliphatic carboxylic acids is 1. The number of para-hydroxylation sites is 1. The number of carboxylic acid groups (broad SMARTS) is 2. The van der Waals surface area contributed by atoms with E-state index in [0.717, 1.165) is 48.0 Å². The summed E-state index contributed by atoms with van der Waals surface area (Å²) in [7, 11) is 14.8. The number of alkyl halides is 2. The fourth-order valence-electron chi connectivity index (χ4n) is 12.8. The zero-order valence-electron chi connectivity index (χ0n) is 74.1. The number of nitro benzene ring substituents is 1. The molecule has 0 atom stereocenters. The lowest BCUT2D eigenvalue weighted by Gasteiger charge is -2.15. The number of thiophene rings is 7. The molecular weight excluding hydrogens is 2220 g/mol. The number of rotatable bonds is 7. The van der Waals surface area contributed by atoms with Crippen LogP contribution in [0, 0.1) is 13.0 Å². The van der Waals surface area contributed by atoms with Crippen LogP contribution < -0.4 is 0 Å². The van der Waals surface area contributed by atoms with Gasteiger partial charge >= 0.3 is 29.3 Å². The fourth-order valence-corrected chi connectivity index (χ4v) is 19.8. The van der Waals surface area contributed by atoms with Crippen LogP contribution in [0.3, 0.4) is 0 Å². The van der Waals surface area contributed by atoms with Crippen LogP contribution in [0.1, 0.15) is 157 Å². The van der Waals surface area contributed by atoms with Crippen LogP contribution in [0.2, 0.25) is 0 Å². The summed E-state index contributed by atoms with van der Waals surface area (Å²) in [5.74, 6) is -3.02. The average Bonchev–Trinajstić information content (AvgIpc) is 1.60. The third kappa shape index (κ3) is 36.9. The molecule has 3 aliphatic rings. The lowest BCUT2D eigenvalue weighted by atomic mass is 9.89. The zero-order chi connectivity index (χ0) is 99.1. The minimum absolute atomic E-state index is 0.